The molecule has 1 aliphatic heterocycles. The quantitative estimate of drug-likeness (QED) is 0.250. The Bertz CT molecular complexity index is 920. The van der Waals surface area contributed by atoms with E-state index in [4.69, 9.17) is 18.9 Å². The van der Waals surface area contributed by atoms with Crippen molar-refractivity contribution < 1.29 is 33.3 Å². The number of methoxy groups -OCH3 is 1. The molecule has 1 atom stereocenters. The second kappa shape index (κ2) is 11.1. The molecule has 0 bridgehead atoms. The second-order valence-electron chi connectivity index (χ2n) is 6.09. The molecule has 1 aliphatic rings. The van der Waals surface area contributed by atoms with E-state index < -0.39 is 17.9 Å². The average Bonchev–Trinajstić information content (AvgIpc) is 3.15. The lowest BCUT2D eigenvalue weighted by atomic mass is 10.3. The minimum atomic E-state index is -0.759. The first-order valence-corrected chi connectivity index (χ1v) is 10.7. The van der Waals surface area contributed by atoms with E-state index in [0.717, 1.165) is 23.5 Å². The summed E-state index contributed by atoms with van der Waals surface area (Å²) >= 11 is 2.17. The number of esters is 3. The number of carbonyl (C=O) groups excluding carboxylic acids is 3. The molecule has 0 N–H and O–H groups in total. The molecule has 8 nitrogen and oxygen atoms in total. The molecule has 0 fully saturated rings. The molecule has 0 radical (unpaired) electrons. The van der Waals surface area contributed by atoms with Gasteiger partial charge in [-0.25, -0.2) is 4.79 Å². The van der Waals surface area contributed by atoms with Crippen molar-refractivity contribution in [2.45, 2.75) is 49.5 Å². The van der Waals surface area contributed by atoms with Crippen molar-refractivity contribution in [2.75, 3.05) is 13.7 Å². The molecule has 0 saturated heterocycles. The van der Waals surface area contributed by atoms with Crippen LogP contribution >= 0.6 is 23.5 Å². The largest absolute Gasteiger partial charge is 0.461 e. The number of hydrogen-bond donors (Lipinski definition) is 0. The summed E-state index contributed by atoms with van der Waals surface area (Å²) < 4.78 is 21.2. The molecule has 0 spiro atoms. The Balaban J connectivity index is 2.33. The van der Waals surface area contributed by atoms with E-state index in [9.17, 15) is 19.6 Å². The third-order valence-electron chi connectivity index (χ3n) is 3.88. The maximum absolute atomic E-state index is 12.4. The van der Waals surface area contributed by atoms with E-state index in [1.807, 2.05) is 13.0 Å². The van der Waals surface area contributed by atoms with Crippen molar-refractivity contribution in [3.8, 4) is 17.6 Å². The Kier molecular flexibility index (Phi) is 8.77. The predicted molar refractivity (Wildman–Crippen MR) is 110 cm³/mol. The predicted octanol–water partition coefficient (Wildman–Crippen LogP) is 3.83. The minimum Gasteiger partial charge on any atom is -0.461 e. The molecule has 1 heterocycles. The van der Waals surface area contributed by atoms with Crippen molar-refractivity contribution in [1.29, 1.82) is 5.26 Å². The normalized spacial score (nSPS) is 14.9. The van der Waals surface area contributed by atoms with Crippen LogP contribution in [0.5, 0.6) is 11.5 Å². The standard InChI is InChI=1S/C20H21NO7S2/c1-5-16(23)28-15-7-6-14(27-12(3)22)17-18(15)30-20(29-17)13(10-21)19(24)26-9-8-11(2)25-4/h6-7,11H,5,8-9H2,1-4H3/b20-13-. The van der Waals surface area contributed by atoms with E-state index in [2.05, 4.69) is 0 Å². The summed E-state index contributed by atoms with van der Waals surface area (Å²) in [6.45, 7) is 4.87. The van der Waals surface area contributed by atoms with Gasteiger partial charge in [-0.15, -0.1) is 0 Å². The maximum atomic E-state index is 12.4. The zero-order valence-corrected chi connectivity index (χ0v) is 18.6. The number of carbonyl (C=O) groups is 3. The zero-order valence-electron chi connectivity index (χ0n) is 17.0. The van der Waals surface area contributed by atoms with Crippen LogP contribution in [0.25, 0.3) is 0 Å². The molecular weight excluding hydrogens is 430 g/mol. The van der Waals surface area contributed by atoms with Crippen molar-refractivity contribution >= 4 is 41.4 Å². The summed E-state index contributed by atoms with van der Waals surface area (Å²) in [5, 5.41) is 9.53. The van der Waals surface area contributed by atoms with Gasteiger partial charge in [0, 0.05) is 26.9 Å². The van der Waals surface area contributed by atoms with Gasteiger partial charge in [0.2, 0.25) is 0 Å². The highest BCUT2D eigenvalue weighted by Gasteiger charge is 2.32. The molecule has 1 aromatic carbocycles. The Hall–Kier alpha value is -2.48. The lowest BCUT2D eigenvalue weighted by Crippen LogP contribution is -2.14. The molecular formula is C20H21NO7S2. The van der Waals surface area contributed by atoms with Gasteiger partial charge in [0.15, 0.2) is 5.57 Å². The molecule has 0 amide bonds. The van der Waals surface area contributed by atoms with Crippen molar-refractivity contribution in [1.82, 2.24) is 0 Å². The van der Waals surface area contributed by atoms with E-state index in [1.54, 1.807) is 14.0 Å². The van der Waals surface area contributed by atoms with Crippen LogP contribution in [-0.2, 0) is 23.9 Å². The number of nitriles is 1. The van der Waals surface area contributed by atoms with Crippen molar-refractivity contribution in [3.05, 3.63) is 21.9 Å². The first-order chi connectivity index (χ1) is 14.3. The number of hydrogen-bond acceptors (Lipinski definition) is 10. The maximum Gasteiger partial charge on any atom is 0.350 e. The van der Waals surface area contributed by atoms with E-state index >= 15 is 0 Å². The van der Waals surface area contributed by atoms with Gasteiger partial charge in [-0.2, -0.15) is 5.26 Å². The van der Waals surface area contributed by atoms with Gasteiger partial charge >= 0.3 is 17.9 Å². The van der Waals surface area contributed by atoms with Crippen LogP contribution in [0.1, 0.15) is 33.6 Å². The molecule has 0 saturated carbocycles. The molecule has 1 aromatic rings. The molecule has 10 heteroatoms. The van der Waals surface area contributed by atoms with Gasteiger partial charge in [-0.1, -0.05) is 30.4 Å². The number of benzene rings is 1. The van der Waals surface area contributed by atoms with E-state index in [1.165, 1.54) is 19.1 Å². The zero-order chi connectivity index (χ0) is 22.3. The average molecular weight is 452 g/mol. The van der Waals surface area contributed by atoms with E-state index in [-0.39, 0.29) is 36.2 Å². The number of nitrogens with zero attached hydrogens (tertiary/aromatic N) is 1. The highest BCUT2D eigenvalue weighted by Crippen LogP contribution is 2.59. The number of fused-ring (bicyclic) bond motifs is 1. The molecule has 160 valence electrons. The Morgan fingerprint density at radius 1 is 1.13 bits per heavy atom. The summed E-state index contributed by atoms with van der Waals surface area (Å²) in [6.07, 6.45) is 0.582. The summed E-state index contributed by atoms with van der Waals surface area (Å²) in [5.74, 6) is -1.20. The van der Waals surface area contributed by atoms with Crippen LogP contribution in [0.3, 0.4) is 0 Å². The van der Waals surface area contributed by atoms with Crippen LogP contribution in [0.2, 0.25) is 0 Å². The fourth-order valence-electron chi connectivity index (χ4n) is 2.22. The van der Waals surface area contributed by atoms with Crippen LogP contribution in [0, 0.1) is 11.3 Å². The topological polar surface area (TPSA) is 112 Å². The first-order valence-electron chi connectivity index (χ1n) is 9.06. The van der Waals surface area contributed by atoms with Crippen molar-refractivity contribution in [2.24, 2.45) is 0 Å². The van der Waals surface area contributed by atoms with Gasteiger partial charge in [0.1, 0.15) is 17.6 Å². The Morgan fingerprint density at radius 3 is 2.23 bits per heavy atom. The minimum absolute atomic E-state index is 0.0856. The SMILES string of the molecule is CCC(=O)Oc1ccc(OC(C)=O)c2c1S/C(=C(/C#N)C(=O)OCCC(C)OC)S2. The lowest BCUT2D eigenvalue weighted by molar-refractivity contribution is -0.139. The monoisotopic (exact) mass is 451 g/mol. The van der Waals surface area contributed by atoms with Gasteiger partial charge in [-0.3, -0.25) is 9.59 Å². The molecule has 0 aromatic heterocycles. The fourth-order valence-corrected chi connectivity index (χ4v) is 4.78. The van der Waals surface area contributed by atoms with Crippen molar-refractivity contribution in [3.63, 3.8) is 0 Å². The van der Waals surface area contributed by atoms with Crippen LogP contribution < -0.4 is 9.47 Å². The van der Waals surface area contributed by atoms with Gasteiger partial charge in [-0.05, 0) is 19.1 Å². The molecule has 2 rings (SSSR count). The third-order valence-corrected chi connectivity index (χ3v) is 6.50. The lowest BCUT2D eigenvalue weighted by Gasteiger charge is -2.10. The summed E-state index contributed by atoms with van der Waals surface area (Å²) in [5.41, 5.74) is -0.173. The summed E-state index contributed by atoms with van der Waals surface area (Å²) in [7, 11) is 1.56. The highest BCUT2D eigenvalue weighted by atomic mass is 32.2. The van der Waals surface area contributed by atoms with Crippen LogP contribution in [0.4, 0.5) is 0 Å². The van der Waals surface area contributed by atoms with Crippen LogP contribution in [0.15, 0.2) is 31.7 Å². The van der Waals surface area contributed by atoms with Crippen LogP contribution in [-0.4, -0.2) is 37.7 Å². The van der Waals surface area contributed by atoms with Gasteiger partial charge in [0.05, 0.1) is 26.7 Å². The molecule has 0 aliphatic carbocycles. The second-order valence-corrected chi connectivity index (χ2v) is 8.39. The highest BCUT2D eigenvalue weighted by molar-refractivity contribution is 8.24. The summed E-state index contributed by atoms with van der Waals surface area (Å²) in [4.78, 5) is 36.6. The van der Waals surface area contributed by atoms with Gasteiger partial charge in [0.25, 0.3) is 0 Å². The smallest absolute Gasteiger partial charge is 0.350 e. The number of thioether (sulfide) groups is 2. The third kappa shape index (κ3) is 6.01. The number of ether oxygens (including phenoxy) is 4. The van der Waals surface area contributed by atoms with E-state index in [0.29, 0.717) is 20.4 Å². The van der Waals surface area contributed by atoms with Gasteiger partial charge < -0.3 is 18.9 Å². The summed E-state index contributed by atoms with van der Waals surface area (Å²) in [6, 6.07) is 4.90. The Labute approximate surface area is 182 Å². The fraction of sp³-hybridized carbons (Fsp3) is 0.400. The first kappa shape index (κ1) is 23.8. The number of rotatable bonds is 8. The molecule has 30 heavy (non-hydrogen) atoms. The Morgan fingerprint density at radius 2 is 1.73 bits per heavy atom. The molecule has 1 unspecified atom stereocenters.